The molecule has 0 atom stereocenters. The molecular weight excluding hydrogens is 338 g/mol. The highest BCUT2D eigenvalue weighted by atomic mass is 14.9. The van der Waals surface area contributed by atoms with E-state index in [2.05, 4.69) is 104 Å². The Morgan fingerprint density at radius 3 is 2.29 bits per heavy atom. The summed E-state index contributed by atoms with van der Waals surface area (Å²) in [4.78, 5) is 0. The van der Waals surface area contributed by atoms with Gasteiger partial charge in [-0.05, 0) is 41.2 Å². The van der Waals surface area contributed by atoms with Gasteiger partial charge >= 0.3 is 0 Å². The van der Waals surface area contributed by atoms with Crippen LogP contribution in [0.2, 0.25) is 0 Å². The SMILES string of the molecule is CC1(C)c2ccccc2-c2c(NC3=CCCC=C3c3ccccc3)cccc21. The molecule has 0 fully saturated rings. The number of fused-ring (bicyclic) bond motifs is 3. The average molecular weight is 364 g/mol. The van der Waals surface area contributed by atoms with Crippen LogP contribution in [0, 0.1) is 0 Å². The summed E-state index contributed by atoms with van der Waals surface area (Å²) in [5.74, 6) is 0. The molecule has 28 heavy (non-hydrogen) atoms. The Labute approximate surface area is 167 Å². The Morgan fingerprint density at radius 1 is 0.714 bits per heavy atom. The van der Waals surface area contributed by atoms with Crippen molar-refractivity contribution in [2.75, 3.05) is 5.32 Å². The molecule has 0 bridgehead atoms. The normalized spacial score (nSPS) is 16.6. The Hall–Kier alpha value is -3.06. The number of hydrogen-bond acceptors (Lipinski definition) is 1. The zero-order chi connectivity index (χ0) is 19.1. The van der Waals surface area contributed by atoms with E-state index in [0.717, 1.165) is 12.8 Å². The van der Waals surface area contributed by atoms with Gasteiger partial charge < -0.3 is 5.32 Å². The maximum absolute atomic E-state index is 3.80. The summed E-state index contributed by atoms with van der Waals surface area (Å²) in [6.45, 7) is 4.66. The monoisotopic (exact) mass is 363 g/mol. The molecule has 0 amide bonds. The number of allylic oxidation sites excluding steroid dienone is 3. The first kappa shape index (κ1) is 17.1. The highest BCUT2D eigenvalue weighted by Gasteiger charge is 2.36. The first-order chi connectivity index (χ1) is 13.7. The van der Waals surface area contributed by atoms with E-state index in [-0.39, 0.29) is 5.41 Å². The molecule has 1 nitrogen and oxygen atoms in total. The van der Waals surface area contributed by atoms with Gasteiger partial charge in [0.25, 0.3) is 0 Å². The first-order valence-electron chi connectivity index (χ1n) is 10.1. The smallest absolute Gasteiger partial charge is 0.0467 e. The lowest BCUT2D eigenvalue weighted by Gasteiger charge is -2.23. The van der Waals surface area contributed by atoms with Crippen LogP contribution in [0.1, 0.15) is 43.4 Å². The van der Waals surface area contributed by atoms with Crippen molar-refractivity contribution in [3.8, 4) is 11.1 Å². The number of hydrogen-bond donors (Lipinski definition) is 1. The van der Waals surface area contributed by atoms with Gasteiger partial charge in [-0.25, -0.2) is 0 Å². The minimum absolute atomic E-state index is 0.0304. The van der Waals surface area contributed by atoms with Gasteiger partial charge in [-0.15, -0.1) is 0 Å². The second kappa shape index (κ2) is 6.53. The van der Waals surface area contributed by atoms with Crippen molar-refractivity contribution in [2.24, 2.45) is 0 Å². The molecule has 1 heteroatoms. The Bertz CT molecular complexity index is 1100. The largest absolute Gasteiger partial charge is 0.355 e. The molecule has 0 aromatic heterocycles. The fraction of sp³-hybridized carbons (Fsp3) is 0.185. The maximum atomic E-state index is 3.80. The van der Waals surface area contributed by atoms with Crippen LogP contribution in [0.4, 0.5) is 5.69 Å². The van der Waals surface area contributed by atoms with Crippen LogP contribution in [-0.2, 0) is 5.41 Å². The van der Waals surface area contributed by atoms with E-state index < -0.39 is 0 Å². The van der Waals surface area contributed by atoms with Gasteiger partial charge in [-0.3, -0.25) is 0 Å². The van der Waals surface area contributed by atoms with Crippen molar-refractivity contribution in [2.45, 2.75) is 32.1 Å². The average Bonchev–Trinajstić information content (AvgIpc) is 2.98. The molecule has 0 saturated carbocycles. The third-order valence-electron chi connectivity index (χ3n) is 6.12. The van der Waals surface area contributed by atoms with Crippen molar-refractivity contribution in [3.63, 3.8) is 0 Å². The van der Waals surface area contributed by atoms with Gasteiger partial charge in [-0.1, -0.05) is 92.7 Å². The van der Waals surface area contributed by atoms with E-state index in [1.54, 1.807) is 0 Å². The predicted octanol–water partition coefficient (Wildman–Crippen LogP) is 7.17. The molecule has 5 rings (SSSR count). The van der Waals surface area contributed by atoms with E-state index >= 15 is 0 Å². The molecule has 138 valence electrons. The lowest BCUT2D eigenvalue weighted by molar-refractivity contribution is 0.660. The molecule has 2 aliphatic rings. The zero-order valence-electron chi connectivity index (χ0n) is 16.5. The molecule has 0 aliphatic heterocycles. The van der Waals surface area contributed by atoms with E-state index in [1.807, 2.05) is 0 Å². The second-order valence-corrected chi connectivity index (χ2v) is 8.20. The second-order valence-electron chi connectivity index (χ2n) is 8.20. The lowest BCUT2D eigenvalue weighted by Crippen LogP contribution is -2.15. The standard InChI is InChI=1S/C27H25N/c1-27(2)22-15-8-6-14-21(22)26-23(27)16-10-18-25(26)28-24-17-9-7-13-20(24)19-11-4-3-5-12-19/h3-6,8,10-18,28H,7,9H2,1-2H3. The van der Waals surface area contributed by atoms with Gasteiger partial charge in [0.2, 0.25) is 0 Å². The first-order valence-corrected chi connectivity index (χ1v) is 10.1. The predicted molar refractivity (Wildman–Crippen MR) is 119 cm³/mol. The van der Waals surface area contributed by atoms with Crippen molar-refractivity contribution < 1.29 is 0 Å². The summed E-state index contributed by atoms with van der Waals surface area (Å²) in [7, 11) is 0. The third-order valence-corrected chi connectivity index (χ3v) is 6.12. The number of nitrogens with one attached hydrogen (secondary N) is 1. The van der Waals surface area contributed by atoms with Crippen LogP contribution >= 0.6 is 0 Å². The highest BCUT2D eigenvalue weighted by molar-refractivity contribution is 5.92. The van der Waals surface area contributed by atoms with Gasteiger partial charge in [0.15, 0.2) is 0 Å². The number of benzene rings is 3. The Kier molecular flexibility index (Phi) is 3.98. The van der Waals surface area contributed by atoms with Gasteiger partial charge in [0.05, 0.1) is 0 Å². The molecule has 0 unspecified atom stereocenters. The fourth-order valence-electron chi connectivity index (χ4n) is 4.69. The van der Waals surface area contributed by atoms with Gasteiger partial charge in [0.1, 0.15) is 0 Å². The van der Waals surface area contributed by atoms with Crippen LogP contribution in [-0.4, -0.2) is 0 Å². The van der Waals surface area contributed by atoms with E-state index in [9.17, 15) is 0 Å². The van der Waals surface area contributed by atoms with Crippen molar-refractivity contribution >= 4 is 11.3 Å². The van der Waals surface area contributed by atoms with Crippen molar-refractivity contribution in [1.29, 1.82) is 0 Å². The molecule has 0 saturated heterocycles. The van der Waals surface area contributed by atoms with Crippen LogP contribution in [0.5, 0.6) is 0 Å². The Balaban J connectivity index is 1.60. The Morgan fingerprint density at radius 2 is 1.43 bits per heavy atom. The van der Waals surface area contributed by atoms with Crippen molar-refractivity contribution in [3.05, 3.63) is 107 Å². The summed E-state index contributed by atoms with van der Waals surface area (Å²) in [6.07, 6.45) is 6.88. The molecule has 1 N–H and O–H groups in total. The third kappa shape index (κ3) is 2.62. The minimum atomic E-state index is 0.0304. The molecular formula is C27H25N. The van der Waals surface area contributed by atoms with Crippen LogP contribution < -0.4 is 5.32 Å². The fourth-order valence-corrected chi connectivity index (χ4v) is 4.69. The molecule has 0 spiro atoms. The molecule has 2 aliphatic carbocycles. The van der Waals surface area contributed by atoms with E-state index in [1.165, 1.54) is 44.8 Å². The minimum Gasteiger partial charge on any atom is -0.355 e. The number of anilines is 1. The summed E-state index contributed by atoms with van der Waals surface area (Å²) in [5, 5.41) is 3.80. The van der Waals surface area contributed by atoms with Crippen LogP contribution in [0.3, 0.4) is 0 Å². The van der Waals surface area contributed by atoms with Gasteiger partial charge in [-0.2, -0.15) is 0 Å². The highest BCUT2D eigenvalue weighted by Crippen LogP contribution is 2.51. The maximum Gasteiger partial charge on any atom is 0.0467 e. The van der Waals surface area contributed by atoms with E-state index in [0.29, 0.717) is 0 Å². The molecule has 0 heterocycles. The quantitative estimate of drug-likeness (QED) is 0.520. The van der Waals surface area contributed by atoms with Gasteiger partial charge in [0, 0.05) is 27.9 Å². The zero-order valence-corrected chi connectivity index (χ0v) is 16.5. The summed E-state index contributed by atoms with van der Waals surface area (Å²) in [6, 6.07) is 26.2. The topological polar surface area (TPSA) is 12.0 Å². The number of rotatable bonds is 3. The summed E-state index contributed by atoms with van der Waals surface area (Å²) in [5.41, 5.74) is 10.5. The molecule has 0 radical (unpaired) electrons. The summed E-state index contributed by atoms with van der Waals surface area (Å²) >= 11 is 0. The van der Waals surface area contributed by atoms with Crippen molar-refractivity contribution in [1.82, 2.24) is 0 Å². The molecule has 3 aromatic carbocycles. The van der Waals surface area contributed by atoms with E-state index in [4.69, 9.17) is 0 Å². The lowest BCUT2D eigenvalue weighted by atomic mass is 9.82. The summed E-state index contributed by atoms with van der Waals surface area (Å²) < 4.78 is 0. The van der Waals surface area contributed by atoms with Crippen LogP contribution in [0.25, 0.3) is 16.7 Å². The van der Waals surface area contributed by atoms with Crippen LogP contribution in [0.15, 0.2) is 90.6 Å². The molecule has 3 aromatic rings.